The number of aromatic amines is 1. The molecule has 1 heterocycles. The van der Waals surface area contributed by atoms with Crippen LogP contribution in [0.4, 0.5) is 0 Å². The summed E-state index contributed by atoms with van der Waals surface area (Å²) in [4.78, 5) is 15.0. The Labute approximate surface area is 114 Å². The predicted molar refractivity (Wildman–Crippen MR) is 75.5 cm³/mol. The van der Waals surface area contributed by atoms with Gasteiger partial charge in [0.2, 0.25) is 0 Å². The highest BCUT2D eigenvalue weighted by molar-refractivity contribution is 9.10. The minimum Gasteiger partial charge on any atom is -0.356 e. The average molecular weight is 317 g/mol. The molecule has 2 N–H and O–H groups in total. The summed E-state index contributed by atoms with van der Waals surface area (Å²) in [5, 5.41) is 3.72. The zero-order valence-electron chi connectivity index (χ0n) is 9.83. The monoisotopic (exact) mass is 316 g/mol. The molecule has 3 nitrogen and oxygen atoms in total. The van der Waals surface area contributed by atoms with Crippen LogP contribution in [0.5, 0.6) is 0 Å². The van der Waals surface area contributed by atoms with Crippen LogP contribution in [0.2, 0.25) is 0 Å². The molecule has 2 atom stereocenters. The fourth-order valence-corrected chi connectivity index (χ4v) is 3.79. The predicted octanol–water partition coefficient (Wildman–Crippen LogP) is 3.18. The quantitative estimate of drug-likeness (QED) is 0.896. The van der Waals surface area contributed by atoms with Gasteiger partial charge in [0, 0.05) is 22.0 Å². The van der Waals surface area contributed by atoms with Gasteiger partial charge < -0.3 is 10.3 Å². The number of carbonyl (C=O) groups excluding carboxylic acids is 1. The van der Waals surface area contributed by atoms with Crippen molar-refractivity contribution in [3.63, 3.8) is 0 Å². The van der Waals surface area contributed by atoms with Gasteiger partial charge in [-0.3, -0.25) is 4.79 Å². The van der Waals surface area contributed by atoms with Crippen molar-refractivity contribution < 1.29 is 4.79 Å². The van der Waals surface area contributed by atoms with E-state index in [2.05, 4.69) is 33.2 Å². The number of amides is 1. The van der Waals surface area contributed by atoms with E-state index in [9.17, 15) is 4.79 Å². The van der Waals surface area contributed by atoms with Gasteiger partial charge in [0.1, 0.15) is 5.69 Å². The van der Waals surface area contributed by atoms with E-state index in [1.807, 2.05) is 17.8 Å². The maximum Gasteiger partial charge on any atom is 0.267 e. The van der Waals surface area contributed by atoms with Crippen molar-refractivity contribution in [1.82, 2.24) is 10.3 Å². The smallest absolute Gasteiger partial charge is 0.267 e. The van der Waals surface area contributed by atoms with Crippen LogP contribution in [0, 0.1) is 0 Å². The first-order valence-corrected chi connectivity index (χ1v) is 7.81. The van der Waals surface area contributed by atoms with Crippen LogP contribution in [0.25, 0.3) is 0 Å². The second-order valence-electron chi connectivity index (χ2n) is 4.24. The topological polar surface area (TPSA) is 44.9 Å². The average Bonchev–Trinajstić information content (AvgIpc) is 2.89. The van der Waals surface area contributed by atoms with Gasteiger partial charge in [-0.05, 0) is 40.6 Å². The summed E-state index contributed by atoms with van der Waals surface area (Å²) in [5.74, 6) is 1.12. The third kappa shape index (κ3) is 3.28. The molecule has 1 aromatic rings. The van der Waals surface area contributed by atoms with Crippen LogP contribution in [-0.4, -0.2) is 27.9 Å². The fraction of sp³-hybridized carbons (Fsp3) is 0.583. The van der Waals surface area contributed by atoms with E-state index in [1.54, 1.807) is 6.20 Å². The Hall–Kier alpha value is -0.420. The Morgan fingerprint density at radius 3 is 3.12 bits per heavy atom. The molecule has 17 heavy (non-hydrogen) atoms. The van der Waals surface area contributed by atoms with Gasteiger partial charge in [-0.25, -0.2) is 0 Å². The number of hydrogen-bond acceptors (Lipinski definition) is 2. The molecule has 0 radical (unpaired) electrons. The van der Waals surface area contributed by atoms with E-state index in [0.29, 0.717) is 17.0 Å². The van der Waals surface area contributed by atoms with Crippen LogP contribution in [0.15, 0.2) is 16.7 Å². The second-order valence-corrected chi connectivity index (χ2v) is 6.67. The van der Waals surface area contributed by atoms with E-state index in [4.69, 9.17) is 0 Å². The van der Waals surface area contributed by atoms with Crippen molar-refractivity contribution in [3.05, 3.63) is 22.4 Å². The highest BCUT2D eigenvalue weighted by Gasteiger charge is 2.28. The van der Waals surface area contributed by atoms with Crippen molar-refractivity contribution in [1.29, 1.82) is 0 Å². The first kappa shape index (κ1) is 13.0. The minimum atomic E-state index is 0.00398. The first-order chi connectivity index (χ1) is 8.20. The summed E-state index contributed by atoms with van der Waals surface area (Å²) >= 11 is 5.29. The molecule has 2 unspecified atom stereocenters. The molecule has 1 saturated carbocycles. The van der Waals surface area contributed by atoms with Crippen LogP contribution < -0.4 is 5.32 Å². The Kier molecular flexibility index (Phi) is 4.56. The van der Waals surface area contributed by atoms with Gasteiger partial charge in [0.15, 0.2) is 0 Å². The molecule has 94 valence electrons. The summed E-state index contributed by atoms with van der Waals surface area (Å²) in [6.07, 6.45) is 5.32. The number of carbonyl (C=O) groups is 1. The standard InChI is InChI=1S/C12H17BrN2OS/c1-2-17-11-5-3-4-9(11)15-12(16)10-6-8(13)7-14-10/h6-7,9,11,14H,2-5H2,1H3,(H,15,16). The van der Waals surface area contributed by atoms with Crippen molar-refractivity contribution in [3.8, 4) is 0 Å². The van der Waals surface area contributed by atoms with Crippen LogP contribution >= 0.6 is 27.7 Å². The largest absolute Gasteiger partial charge is 0.356 e. The summed E-state index contributed by atoms with van der Waals surface area (Å²) in [7, 11) is 0. The third-order valence-electron chi connectivity index (χ3n) is 3.04. The van der Waals surface area contributed by atoms with Gasteiger partial charge in [-0.2, -0.15) is 11.8 Å². The van der Waals surface area contributed by atoms with E-state index in [1.165, 1.54) is 12.8 Å². The number of H-pyrrole nitrogens is 1. The second kappa shape index (κ2) is 5.96. The van der Waals surface area contributed by atoms with Gasteiger partial charge in [-0.15, -0.1) is 0 Å². The first-order valence-electron chi connectivity index (χ1n) is 5.97. The van der Waals surface area contributed by atoms with Gasteiger partial charge in [0.25, 0.3) is 5.91 Å². The van der Waals surface area contributed by atoms with Gasteiger partial charge in [0.05, 0.1) is 0 Å². The highest BCUT2D eigenvalue weighted by atomic mass is 79.9. The van der Waals surface area contributed by atoms with Crippen molar-refractivity contribution >= 4 is 33.6 Å². The van der Waals surface area contributed by atoms with E-state index in [0.717, 1.165) is 16.6 Å². The molecular weight excluding hydrogens is 300 g/mol. The number of nitrogens with one attached hydrogen (secondary N) is 2. The van der Waals surface area contributed by atoms with E-state index in [-0.39, 0.29) is 5.91 Å². The Morgan fingerprint density at radius 2 is 2.47 bits per heavy atom. The van der Waals surface area contributed by atoms with Crippen molar-refractivity contribution in [2.24, 2.45) is 0 Å². The van der Waals surface area contributed by atoms with E-state index < -0.39 is 0 Å². The summed E-state index contributed by atoms with van der Waals surface area (Å²) in [6.45, 7) is 2.17. The molecule has 2 rings (SSSR count). The lowest BCUT2D eigenvalue weighted by Crippen LogP contribution is -2.38. The number of halogens is 1. The van der Waals surface area contributed by atoms with E-state index >= 15 is 0 Å². The zero-order chi connectivity index (χ0) is 12.3. The van der Waals surface area contributed by atoms with Crippen molar-refractivity contribution in [2.75, 3.05) is 5.75 Å². The molecule has 1 aliphatic carbocycles. The normalized spacial score (nSPS) is 23.9. The fourth-order valence-electron chi connectivity index (χ4n) is 2.25. The lowest BCUT2D eigenvalue weighted by molar-refractivity contribution is 0.0934. The SMILES string of the molecule is CCSC1CCCC1NC(=O)c1cc(Br)c[nH]1. The molecule has 1 amide bonds. The maximum atomic E-state index is 12.0. The number of hydrogen-bond donors (Lipinski definition) is 2. The lowest BCUT2D eigenvalue weighted by Gasteiger charge is -2.19. The molecule has 0 bridgehead atoms. The molecule has 1 aliphatic rings. The van der Waals surface area contributed by atoms with Crippen LogP contribution in [0.3, 0.4) is 0 Å². The molecule has 0 saturated heterocycles. The Balaban J connectivity index is 1.94. The Morgan fingerprint density at radius 1 is 1.65 bits per heavy atom. The lowest BCUT2D eigenvalue weighted by atomic mass is 10.2. The number of thioether (sulfide) groups is 1. The third-order valence-corrected chi connectivity index (χ3v) is 4.83. The van der Waals surface area contributed by atoms with Crippen LogP contribution in [-0.2, 0) is 0 Å². The number of rotatable bonds is 4. The Bertz CT molecular complexity index is 394. The van der Waals surface area contributed by atoms with Gasteiger partial charge in [-0.1, -0.05) is 13.3 Å². The molecule has 0 spiro atoms. The van der Waals surface area contributed by atoms with Crippen molar-refractivity contribution in [2.45, 2.75) is 37.5 Å². The van der Waals surface area contributed by atoms with Gasteiger partial charge >= 0.3 is 0 Å². The molecular formula is C12H17BrN2OS. The summed E-state index contributed by atoms with van der Waals surface area (Å²) < 4.78 is 0.911. The molecule has 1 aromatic heterocycles. The summed E-state index contributed by atoms with van der Waals surface area (Å²) in [5.41, 5.74) is 0.629. The van der Waals surface area contributed by atoms with Crippen LogP contribution in [0.1, 0.15) is 36.7 Å². The maximum absolute atomic E-state index is 12.0. The molecule has 5 heteroatoms. The molecule has 1 fully saturated rings. The highest BCUT2D eigenvalue weighted by Crippen LogP contribution is 2.30. The summed E-state index contributed by atoms with van der Waals surface area (Å²) in [6, 6.07) is 2.14. The zero-order valence-corrected chi connectivity index (χ0v) is 12.2. The molecule has 0 aromatic carbocycles. The molecule has 0 aliphatic heterocycles. The minimum absolute atomic E-state index is 0.00398. The number of aromatic nitrogens is 1.